The van der Waals surface area contributed by atoms with Crippen LogP contribution in [0.4, 0.5) is 0 Å². The van der Waals surface area contributed by atoms with Gasteiger partial charge in [0.25, 0.3) is 0 Å². The van der Waals surface area contributed by atoms with Crippen molar-refractivity contribution in [1.82, 2.24) is 0 Å². The third-order valence-corrected chi connectivity index (χ3v) is 6.20. The van der Waals surface area contributed by atoms with Crippen molar-refractivity contribution in [2.24, 2.45) is 10.8 Å². The van der Waals surface area contributed by atoms with E-state index in [1.165, 1.54) is 11.1 Å². The molecule has 0 bridgehead atoms. The van der Waals surface area contributed by atoms with E-state index in [9.17, 15) is 10.2 Å². The van der Waals surface area contributed by atoms with Crippen LogP contribution in [0, 0.1) is 10.8 Å². The van der Waals surface area contributed by atoms with E-state index in [2.05, 4.69) is 107 Å². The molecule has 0 aliphatic heterocycles. The predicted octanol–water partition coefficient (Wildman–Crippen LogP) is 7.00. The highest BCUT2D eigenvalue weighted by molar-refractivity contribution is 5.48. The number of allylic oxidation sites excluding steroid dienone is 2. The minimum absolute atomic E-state index is 0.0302. The van der Waals surface area contributed by atoms with Crippen LogP contribution < -0.4 is 0 Å². The number of benzene rings is 1. The average molecular weight is 413 g/mol. The molecule has 168 valence electrons. The molecule has 0 fully saturated rings. The van der Waals surface area contributed by atoms with E-state index in [1.54, 1.807) is 0 Å². The third kappa shape index (κ3) is 5.08. The predicted molar refractivity (Wildman–Crippen MR) is 129 cm³/mol. The third-order valence-electron chi connectivity index (χ3n) is 6.20. The largest absolute Gasteiger partial charge is 0.361 e. The van der Waals surface area contributed by atoms with Gasteiger partial charge < -0.3 is 10.2 Å². The van der Waals surface area contributed by atoms with Crippen LogP contribution in [-0.2, 0) is 10.8 Å². The second-order valence-electron chi connectivity index (χ2n) is 13.2. The quantitative estimate of drug-likeness (QED) is 0.487. The molecular formula is C28H44O2. The summed E-state index contributed by atoms with van der Waals surface area (Å²) < 4.78 is 0. The molecule has 0 spiro atoms. The molecule has 1 atom stereocenters. The zero-order valence-corrected chi connectivity index (χ0v) is 21.4. The maximum absolute atomic E-state index is 11.5. The summed E-state index contributed by atoms with van der Waals surface area (Å²) in [4.78, 5) is 0. The van der Waals surface area contributed by atoms with E-state index in [-0.39, 0.29) is 21.7 Å². The van der Waals surface area contributed by atoms with E-state index >= 15 is 0 Å². The van der Waals surface area contributed by atoms with Crippen molar-refractivity contribution in [3.05, 3.63) is 58.2 Å². The number of rotatable bonds is 1. The molecule has 0 saturated carbocycles. The van der Waals surface area contributed by atoms with Gasteiger partial charge in [0.2, 0.25) is 0 Å². The summed E-state index contributed by atoms with van der Waals surface area (Å²) >= 11 is 0. The highest BCUT2D eigenvalue weighted by Crippen LogP contribution is 2.49. The normalized spacial score (nSPS) is 20.7. The van der Waals surface area contributed by atoms with Gasteiger partial charge in [-0.05, 0) is 49.5 Å². The molecule has 1 aliphatic carbocycles. The summed E-state index contributed by atoms with van der Waals surface area (Å²) in [6, 6.07) is 6.62. The Hall–Kier alpha value is -1.38. The van der Waals surface area contributed by atoms with Gasteiger partial charge in [0.05, 0.1) is 5.92 Å². The fourth-order valence-electron chi connectivity index (χ4n) is 4.03. The molecule has 1 aromatic rings. The molecular weight excluding hydrogens is 368 g/mol. The van der Waals surface area contributed by atoms with E-state index in [0.717, 1.165) is 11.1 Å². The molecule has 0 saturated heterocycles. The summed E-state index contributed by atoms with van der Waals surface area (Å²) in [7, 11) is 0. The van der Waals surface area contributed by atoms with Crippen molar-refractivity contribution < 1.29 is 10.2 Å². The van der Waals surface area contributed by atoms with Crippen molar-refractivity contribution in [3.63, 3.8) is 0 Å². The molecule has 2 N–H and O–H groups in total. The summed E-state index contributed by atoms with van der Waals surface area (Å²) in [5.74, 6) is -2.45. The Bertz CT molecular complexity index is 822. The Balaban J connectivity index is 2.83. The first kappa shape index (κ1) is 24.9. The summed E-state index contributed by atoms with van der Waals surface area (Å²) in [5, 5.41) is 23.0. The van der Waals surface area contributed by atoms with Gasteiger partial charge in [0.15, 0.2) is 5.79 Å². The monoisotopic (exact) mass is 412 g/mol. The zero-order chi connectivity index (χ0) is 23.5. The summed E-state index contributed by atoms with van der Waals surface area (Å²) in [5.41, 5.74) is 4.72. The second-order valence-corrected chi connectivity index (χ2v) is 13.2. The topological polar surface area (TPSA) is 40.5 Å². The first-order chi connectivity index (χ1) is 13.1. The minimum atomic E-state index is -1.93. The molecule has 1 unspecified atom stereocenters. The van der Waals surface area contributed by atoms with E-state index in [4.69, 9.17) is 0 Å². The lowest BCUT2D eigenvalue weighted by atomic mass is 9.67. The average Bonchev–Trinajstić information content (AvgIpc) is 2.49. The lowest BCUT2D eigenvalue weighted by Gasteiger charge is -2.43. The molecule has 0 heterocycles. The molecule has 0 radical (unpaired) electrons. The molecule has 0 aromatic heterocycles. The minimum Gasteiger partial charge on any atom is -0.361 e. The van der Waals surface area contributed by atoms with E-state index in [1.807, 2.05) is 6.08 Å². The number of hydrogen-bond acceptors (Lipinski definition) is 2. The lowest BCUT2D eigenvalue weighted by Crippen LogP contribution is -2.44. The summed E-state index contributed by atoms with van der Waals surface area (Å²) in [6.45, 7) is 26.0. The van der Waals surface area contributed by atoms with E-state index < -0.39 is 11.7 Å². The highest BCUT2D eigenvalue weighted by Gasteiger charge is 2.46. The van der Waals surface area contributed by atoms with Gasteiger partial charge in [-0.1, -0.05) is 113 Å². The van der Waals surface area contributed by atoms with Gasteiger partial charge in [-0.2, -0.15) is 0 Å². The fourth-order valence-corrected chi connectivity index (χ4v) is 4.03. The number of aliphatic hydroxyl groups is 2. The second kappa shape index (κ2) is 7.35. The molecule has 0 amide bonds. The van der Waals surface area contributed by atoms with Gasteiger partial charge in [-0.3, -0.25) is 0 Å². The van der Waals surface area contributed by atoms with Crippen molar-refractivity contribution in [2.75, 3.05) is 0 Å². The van der Waals surface area contributed by atoms with Crippen LogP contribution in [0.25, 0.3) is 0 Å². The Morgan fingerprint density at radius 1 is 0.633 bits per heavy atom. The first-order valence-electron chi connectivity index (χ1n) is 11.2. The van der Waals surface area contributed by atoms with Crippen LogP contribution in [0.5, 0.6) is 0 Å². The van der Waals surface area contributed by atoms with Crippen LogP contribution in [0.3, 0.4) is 0 Å². The van der Waals surface area contributed by atoms with Crippen LogP contribution in [0.15, 0.2) is 41.5 Å². The Morgan fingerprint density at radius 3 is 1.40 bits per heavy atom. The highest BCUT2D eigenvalue weighted by atomic mass is 16.5. The van der Waals surface area contributed by atoms with Crippen molar-refractivity contribution in [3.8, 4) is 0 Å². The van der Waals surface area contributed by atoms with Crippen LogP contribution in [0.2, 0.25) is 0 Å². The van der Waals surface area contributed by atoms with Gasteiger partial charge in [-0.15, -0.1) is 0 Å². The van der Waals surface area contributed by atoms with Gasteiger partial charge >= 0.3 is 0 Å². The fraction of sp³-hybridized carbons (Fsp3) is 0.643. The Kier molecular flexibility index (Phi) is 6.09. The smallest absolute Gasteiger partial charge is 0.197 e. The van der Waals surface area contributed by atoms with Crippen LogP contribution in [0.1, 0.15) is 106 Å². The lowest BCUT2D eigenvalue weighted by molar-refractivity contribution is -0.148. The summed E-state index contributed by atoms with van der Waals surface area (Å²) in [6.07, 6.45) is 4.08. The Morgan fingerprint density at radius 2 is 1.07 bits per heavy atom. The first-order valence-corrected chi connectivity index (χ1v) is 11.2. The van der Waals surface area contributed by atoms with Crippen molar-refractivity contribution in [2.45, 2.75) is 106 Å². The van der Waals surface area contributed by atoms with Gasteiger partial charge in [0.1, 0.15) is 0 Å². The van der Waals surface area contributed by atoms with Gasteiger partial charge in [-0.25, -0.2) is 0 Å². The number of hydrogen-bond donors (Lipinski definition) is 2. The van der Waals surface area contributed by atoms with Crippen LogP contribution in [-0.4, -0.2) is 16.0 Å². The molecule has 1 aromatic carbocycles. The van der Waals surface area contributed by atoms with Crippen LogP contribution >= 0.6 is 0 Å². The maximum atomic E-state index is 11.5. The maximum Gasteiger partial charge on any atom is 0.197 e. The SMILES string of the molecule is CC(C)(C)C1=CC(c2cc(C(C)(C)C)cc(C(C)(C)C)c2)C(O)(O)C(C(C)(C)C)=C1. The van der Waals surface area contributed by atoms with Gasteiger partial charge in [0, 0.05) is 0 Å². The van der Waals surface area contributed by atoms with E-state index in [0.29, 0.717) is 5.57 Å². The molecule has 2 heteroatoms. The zero-order valence-electron chi connectivity index (χ0n) is 21.4. The Labute approximate surface area is 185 Å². The van der Waals surface area contributed by atoms with Crippen molar-refractivity contribution in [1.29, 1.82) is 0 Å². The molecule has 2 nitrogen and oxygen atoms in total. The molecule has 1 aliphatic rings. The molecule has 2 rings (SSSR count). The molecule has 30 heavy (non-hydrogen) atoms. The standard InChI is InChI=1S/C28H44O2/c1-24(2,3)19-13-18(14-20(15-19)25(4,5)6)22-16-21(26(7,8)9)17-23(27(10,11)12)28(22,29)30/h13-17,22,29-30H,1-12H3. The van der Waals surface area contributed by atoms with Crippen molar-refractivity contribution >= 4 is 0 Å².